The molecule has 1 atom stereocenters. The molecule has 0 saturated carbocycles. The molecule has 1 aliphatic heterocycles. The number of H-pyrrole nitrogens is 1. The molecule has 2 heterocycles. The van der Waals surface area contributed by atoms with Crippen molar-refractivity contribution in [2.45, 2.75) is 25.6 Å². The Morgan fingerprint density at radius 2 is 1.82 bits per heavy atom. The Balaban J connectivity index is 1.76. The molecule has 1 unspecified atom stereocenters. The van der Waals surface area contributed by atoms with Crippen LogP contribution in [0.4, 0.5) is 13.2 Å². The molecule has 3 rings (SSSR count). The second-order valence-corrected chi connectivity index (χ2v) is 6.64. The number of aliphatic carboxylic acids is 1. The van der Waals surface area contributed by atoms with Gasteiger partial charge in [0.15, 0.2) is 5.41 Å². The van der Waals surface area contributed by atoms with E-state index < -0.39 is 47.6 Å². The molecule has 2 N–H and O–H groups in total. The number of amides is 1. The van der Waals surface area contributed by atoms with Gasteiger partial charge in [0.1, 0.15) is 0 Å². The minimum absolute atomic E-state index is 0.154. The summed E-state index contributed by atoms with van der Waals surface area (Å²) in [6, 6.07) is 6.09. The lowest BCUT2D eigenvalue weighted by molar-refractivity contribution is -0.227. The molecular weight excluding hydrogens is 383 g/mol. The van der Waals surface area contributed by atoms with Crippen LogP contribution in [-0.4, -0.2) is 50.9 Å². The van der Waals surface area contributed by atoms with Crippen molar-refractivity contribution in [3.8, 4) is 0 Å². The van der Waals surface area contributed by atoms with Gasteiger partial charge in [-0.2, -0.15) is 13.2 Å². The fourth-order valence-corrected chi connectivity index (χ4v) is 3.32. The van der Waals surface area contributed by atoms with E-state index in [-0.39, 0.29) is 30.3 Å². The lowest BCUT2D eigenvalue weighted by atomic mass is 9.86. The maximum absolute atomic E-state index is 13.2. The number of likely N-dealkylation sites (tertiary alicyclic amines) is 1. The van der Waals surface area contributed by atoms with E-state index in [0.29, 0.717) is 0 Å². The highest BCUT2D eigenvalue weighted by Gasteiger charge is 2.64. The molecule has 2 aromatic rings. The van der Waals surface area contributed by atoms with Gasteiger partial charge in [0.25, 0.3) is 11.1 Å². The second-order valence-electron chi connectivity index (χ2n) is 6.64. The first-order chi connectivity index (χ1) is 13.1. The molecule has 11 heteroatoms. The Morgan fingerprint density at radius 1 is 1.18 bits per heavy atom. The van der Waals surface area contributed by atoms with Gasteiger partial charge in [0.2, 0.25) is 5.91 Å². The quantitative estimate of drug-likeness (QED) is 0.795. The highest BCUT2D eigenvalue weighted by Crippen LogP contribution is 2.45. The number of halogens is 3. The number of aromatic nitrogens is 2. The van der Waals surface area contributed by atoms with Crippen molar-refractivity contribution in [2.75, 3.05) is 13.1 Å². The third-order valence-corrected chi connectivity index (χ3v) is 5.01. The zero-order valence-corrected chi connectivity index (χ0v) is 14.5. The Hall–Kier alpha value is -3.11. The molecule has 8 nitrogen and oxygen atoms in total. The summed E-state index contributed by atoms with van der Waals surface area (Å²) in [6.07, 6.45) is -6.08. The van der Waals surface area contributed by atoms with Gasteiger partial charge in [-0.3, -0.25) is 24.3 Å². The van der Waals surface area contributed by atoms with E-state index in [0.717, 1.165) is 9.58 Å². The molecule has 1 amide bonds. The number of alkyl halides is 3. The number of benzene rings is 1. The van der Waals surface area contributed by atoms with Crippen molar-refractivity contribution in [1.29, 1.82) is 0 Å². The van der Waals surface area contributed by atoms with Crippen LogP contribution in [0.5, 0.6) is 0 Å². The first kappa shape index (κ1) is 19.6. The molecule has 1 aliphatic rings. The molecule has 1 saturated heterocycles. The first-order valence-corrected chi connectivity index (χ1v) is 8.36. The molecular formula is C17H16F3N3O5. The van der Waals surface area contributed by atoms with Crippen LogP contribution in [0.1, 0.15) is 12.8 Å². The Bertz CT molecular complexity index is 1060. The molecule has 150 valence electrons. The minimum Gasteiger partial charge on any atom is -0.481 e. The van der Waals surface area contributed by atoms with Crippen LogP contribution in [0.15, 0.2) is 33.9 Å². The van der Waals surface area contributed by atoms with Gasteiger partial charge in [-0.15, -0.1) is 0 Å². The molecule has 1 fully saturated rings. The lowest BCUT2D eigenvalue weighted by Gasteiger charge is -2.27. The Labute approximate surface area is 155 Å². The van der Waals surface area contributed by atoms with Gasteiger partial charge in [-0.25, -0.2) is 4.68 Å². The second kappa shape index (κ2) is 6.80. The highest BCUT2D eigenvalue weighted by atomic mass is 19.4. The van der Waals surface area contributed by atoms with Crippen LogP contribution in [0.2, 0.25) is 0 Å². The monoisotopic (exact) mass is 399 g/mol. The molecule has 1 aromatic heterocycles. The van der Waals surface area contributed by atoms with E-state index in [2.05, 4.69) is 5.10 Å². The van der Waals surface area contributed by atoms with Crippen molar-refractivity contribution in [2.24, 2.45) is 5.41 Å². The van der Waals surface area contributed by atoms with Crippen LogP contribution in [0, 0.1) is 5.41 Å². The van der Waals surface area contributed by atoms with Crippen LogP contribution >= 0.6 is 0 Å². The average molecular weight is 399 g/mol. The standard InChI is InChI=1S/C17H16F3N3O5/c18-17(19,20)16(15(27)28)6-8-22(9-16)12(24)5-7-23-14(26)11-4-2-1-3-10(11)13(25)21-23/h1-4H,5-9H2,(H,21,25)(H,27,28). The average Bonchev–Trinajstić information content (AvgIpc) is 3.10. The maximum Gasteiger partial charge on any atom is 0.406 e. The number of nitrogens with one attached hydrogen (secondary N) is 1. The van der Waals surface area contributed by atoms with Gasteiger partial charge >= 0.3 is 12.1 Å². The molecule has 0 bridgehead atoms. The first-order valence-electron chi connectivity index (χ1n) is 8.36. The van der Waals surface area contributed by atoms with Crippen molar-refractivity contribution >= 4 is 22.6 Å². The number of carbonyl (C=O) groups excluding carboxylic acids is 1. The summed E-state index contributed by atoms with van der Waals surface area (Å²) >= 11 is 0. The topological polar surface area (TPSA) is 112 Å². The predicted molar refractivity (Wildman–Crippen MR) is 90.8 cm³/mol. The van der Waals surface area contributed by atoms with Gasteiger partial charge < -0.3 is 10.0 Å². The van der Waals surface area contributed by atoms with Crippen molar-refractivity contribution in [1.82, 2.24) is 14.7 Å². The predicted octanol–water partition coefficient (Wildman–Crippen LogP) is 0.945. The SMILES string of the molecule is O=C(CCn1[nH]c(=O)c2ccccc2c1=O)N1CCC(C(=O)O)(C(F)(F)F)C1. The summed E-state index contributed by atoms with van der Waals surface area (Å²) in [4.78, 5) is 48.7. The van der Waals surface area contributed by atoms with Gasteiger partial charge in [0, 0.05) is 19.5 Å². The van der Waals surface area contributed by atoms with Gasteiger partial charge in [0.05, 0.1) is 17.3 Å². The normalized spacial score (nSPS) is 19.9. The zero-order chi connectivity index (χ0) is 20.7. The van der Waals surface area contributed by atoms with E-state index in [1.54, 1.807) is 12.1 Å². The lowest BCUT2D eigenvalue weighted by Crippen LogP contribution is -2.47. The number of aromatic amines is 1. The molecule has 0 radical (unpaired) electrons. The molecule has 0 spiro atoms. The van der Waals surface area contributed by atoms with Gasteiger partial charge in [-0.1, -0.05) is 12.1 Å². The summed E-state index contributed by atoms with van der Waals surface area (Å²) in [7, 11) is 0. The fourth-order valence-electron chi connectivity index (χ4n) is 3.32. The smallest absolute Gasteiger partial charge is 0.406 e. The van der Waals surface area contributed by atoms with Crippen LogP contribution in [0.3, 0.4) is 0 Å². The van der Waals surface area contributed by atoms with Crippen molar-refractivity contribution in [3.63, 3.8) is 0 Å². The molecule has 1 aromatic carbocycles. The number of aryl methyl sites for hydroxylation is 1. The number of nitrogens with zero attached hydrogens (tertiary/aromatic N) is 2. The molecule has 0 aliphatic carbocycles. The highest BCUT2D eigenvalue weighted by molar-refractivity contribution is 5.82. The number of carboxylic acid groups (broad SMARTS) is 1. The van der Waals surface area contributed by atoms with Crippen molar-refractivity contribution in [3.05, 3.63) is 45.0 Å². The number of hydrogen-bond acceptors (Lipinski definition) is 4. The summed E-state index contributed by atoms with van der Waals surface area (Å²) < 4.78 is 40.5. The largest absolute Gasteiger partial charge is 0.481 e. The minimum atomic E-state index is -4.99. The summed E-state index contributed by atoms with van der Waals surface area (Å²) in [5, 5.41) is 11.7. The van der Waals surface area contributed by atoms with E-state index in [4.69, 9.17) is 5.11 Å². The maximum atomic E-state index is 13.2. The summed E-state index contributed by atoms with van der Waals surface area (Å²) in [6.45, 7) is -1.58. The number of fused-ring (bicyclic) bond motifs is 1. The van der Waals surface area contributed by atoms with E-state index in [1.165, 1.54) is 12.1 Å². The Kier molecular flexibility index (Phi) is 4.77. The fraction of sp³-hybridized carbons (Fsp3) is 0.412. The number of carboxylic acids is 1. The van der Waals surface area contributed by atoms with Crippen LogP contribution < -0.4 is 11.1 Å². The Morgan fingerprint density at radius 3 is 2.39 bits per heavy atom. The van der Waals surface area contributed by atoms with E-state index >= 15 is 0 Å². The third-order valence-electron chi connectivity index (χ3n) is 5.01. The molecule has 28 heavy (non-hydrogen) atoms. The van der Waals surface area contributed by atoms with E-state index in [9.17, 15) is 32.3 Å². The number of rotatable bonds is 4. The van der Waals surface area contributed by atoms with Gasteiger partial charge in [-0.05, 0) is 18.6 Å². The number of hydrogen-bond donors (Lipinski definition) is 2. The third kappa shape index (κ3) is 3.16. The van der Waals surface area contributed by atoms with Crippen molar-refractivity contribution < 1.29 is 27.9 Å². The van der Waals surface area contributed by atoms with Crippen LogP contribution in [-0.2, 0) is 16.1 Å². The zero-order valence-electron chi connectivity index (χ0n) is 14.5. The summed E-state index contributed by atoms with van der Waals surface area (Å²) in [5.74, 6) is -2.75. The number of carbonyl (C=O) groups is 2. The van der Waals surface area contributed by atoms with E-state index in [1.807, 2.05) is 0 Å². The summed E-state index contributed by atoms with van der Waals surface area (Å²) in [5.41, 5.74) is -4.07. The van der Waals surface area contributed by atoms with Crippen LogP contribution in [0.25, 0.3) is 10.8 Å².